The van der Waals surface area contributed by atoms with E-state index in [1.165, 1.54) is 0 Å². The molecule has 1 saturated carbocycles. The van der Waals surface area contributed by atoms with Gasteiger partial charge in [0.05, 0.1) is 11.5 Å². The van der Waals surface area contributed by atoms with Crippen LogP contribution in [-0.4, -0.2) is 44.5 Å². The number of carbonyl (C=O) groups is 1. The average Bonchev–Trinajstić information content (AvgIpc) is 2.32. The molecule has 2 N–H and O–H groups in total. The van der Waals surface area contributed by atoms with Gasteiger partial charge < -0.3 is 10.6 Å². The number of hydrogen-bond acceptors (Lipinski definition) is 4. The Kier molecular flexibility index (Phi) is 5.07. The Hall–Kier alpha value is -0.620. The first-order valence-electron chi connectivity index (χ1n) is 7.59. The molecule has 0 radical (unpaired) electrons. The lowest BCUT2D eigenvalue weighted by atomic mass is 9.79. The Balaban J connectivity index is 1.78. The Morgan fingerprint density at radius 2 is 2.00 bits per heavy atom. The minimum absolute atomic E-state index is 0.0219. The zero-order valence-electron chi connectivity index (χ0n) is 12.4. The summed E-state index contributed by atoms with van der Waals surface area (Å²) in [6.07, 6.45) is 3.48. The highest BCUT2D eigenvalue weighted by molar-refractivity contribution is 7.91. The lowest BCUT2D eigenvalue weighted by Crippen LogP contribution is -2.48. The molecule has 1 saturated heterocycles. The maximum absolute atomic E-state index is 12.0. The van der Waals surface area contributed by atoms with E-state index < -0.39 is 9.84 Å². The molecule has 1 aliphatic heterocycles. The van der Waals surface area contributed by atoms with Gasteiger partial charge in [0.15, 0.2) is 9.84 Å². The van der Waals surface area contributed by atoms with Crippen molar-refractivity contribution >= 4 is 15.7 Å². The van der Waals surface area contributed by atoms with Crippen LogP contribution in [0.5, 0.6) is 0 Å². The molecule has 2 rings (SSSR count). The molecule has 4 unspecified atom stereocenters. The van der Waals surface area contributed by atoms with Gasteiger partial charge >= 0.3 is 0 Å². The molecule has 5 nitrogen and oxygen atoms in total. The number of carbonyl (C=O) groups excluding carboxylic acids is 1. The Morgan fingerprint density at radius 1 is 1.25 bits per heavy atom. The smallest absolute Gasteiger partial charge is 0.221 e. The maximum Gasteiger partial charge on any atom is 0.221 e. The number of amides is 1. The number of hydrogen-bond donors (Lipinski definition) is 2. The zero-order valence-corrected chi connectivity index (χ0v) is 13.2. The lowest BCUT2D eigenvalue weighted by Gasteiger charge is -2.33. The Morgan fingerprint density at radius 3 is 2.65 bits per heavy atom. The SMILES string of the molecule is CC1CCC(NC(=O)CC2CS(=O)(=O)CCN2)CC1C. The molecule has 4 atom stereocenters. The third kappa shape index (κ3) is 4.45. The topological polar surface area (TPSA) is 75.3 Å². The molecule has 1 aliphatic carbocycles. The molecule has 1 heterocycles. The minimum atomic E-state index is -2.97. The van der Waals surface area contributed by atoms with Crippen LogP contribution in [-0.2, 0) is 14.6 Å². The monoisotopic (exact) mass is 302 g/mol. The largest absolute Gasteiger partial charge is 0.353 e. The molecule has 0 aromatic heterocycles. The molecule has 1 amide bonds. The summed E-state index contributed by atoms with van der Waals surface area (Å²) in [6, 6.07) is 0.0302. The summed E-state index contributed by atoms with van der Waals surface area (Å²) >= 11 is 0. The molecular formula is C14H26N2O3S. The van der Waals surface area contributed by atoms with E-state index in [4.69, 9.17) is 0 Å². The fraction of sp³-hybridized carbons (Fsp3) is 0.929. The first kappa shape index (κ1) is 15.8. The zero-order chi connectivity index (χ0) is 14.8. The van der Waals surface area contributed by atoms with Crippen LogP contribution in [0, 0.1) is 11.8 Å². The molecular weight excluding hydrogens is 276 g/mol. The summed E-state index contributed by atoms with van der Waals surface area (Å²) in [5.41, 5.74) is 0. The van der Waals surface area contributed by atoms with Crippen LogP contribution in [0.4, 0.5) is 0 Å². The first-order chi connectivity index (χ1) is 9.35. The quantitative estimate of drug-likeness (QED) is 0.805. The van der Waals surface area contributed by atoms with Crippen LogP contribution in [0.15, 0.2) is 0 Å². The van der Waals surface area contributed by atoms with Gasteiger partial charge in [0, 0.05) is 25.0 Å². The number of sulfone groups is 1. The molecule has 0 spiro atoms. The van der Waals surface area contributed by atoms with Gasteiger partial charge in [-0.05, 0) is 31.1 Å². The van der Waals surface area contributed by atoms with Crippen LogP contribution in [0.1, 0.15) is 39.5 Å². The van der Waals surface area contributed by atoms with Crippen molar-refractivity contribution in [2.75, 3.05) is 18.1 Å². The van der Waals surface area contributed by atoms with Crippen molar-refractivity contribution in [1.82, 2.24) is 10.6 Å². The van der Waals surface area contributed by atoms with E-state index in [-0.39, 0.29) is 35.9 Å². The van der Waals surface area contributed by atoms with Crippen molar-refractivity contribution in [3.63, 3.8) is 0 Å². The summed E-state index contributed by atoms with van der Waals surface area (Å²) in [5.74, 6) is 1.61. The average molecular weight is 302 g/mol. The van der Waals surface area contributed by atoms with Crippen LogP contribution in [0.3, 0.4) is 0 Å². The highest BCUT2D eigenvalue weighted by atomic mass is 32.2. The van der Waals surface area contributed by atoms with Crippen molar-refractivity contribution < 1.29 is 13.2 Å². The predicted molar refractivity (Wildman–Crippen MR) is 79.2 cm³/mol. The number of nitrogens with one attached hydrogen (secondary N) is 2. The van der Waals surface area contributed by atoms with E-state index in [0.29, 0.717) is 12.5 Å². The summed E-state index contributed by atoms with van der Waals surface area (Å²) in [5, 5.41) is 6.19. The van der Waals surface area contributed by atoms with Crippen molar-refractivity contribution in [1.29, 1.82) is 0 Å². The molecule has 2 fully saturated rings. The van der Waals surface area contributed by atoms with Gasteiger partial charge in [0.1, 0.15) is 0 Å². The van der Waals surface area contributed by atoms with Gasteiger partial charge in [-0.3, -0.25) is 4.79 Å². The molecule has 2 aliphatic rings. The van der Waals surface area contributed by atoms with E-state index in [1.54, 1.807) is 0 Å². The second kappa shape index (κ2) is 6.43. The van der Waals surface area contributed by atoms with Crippen molar-refractivity contribution in [3.05, 3.63) is 0 Å². The highest BCUT2D eigenvalue weighted by Gasteiger charge is 2.28. The van der Waals surface area contributed by atoms with Gasteiger partial charge in [-0.1, -0.05) is 13.8 Å². The van der Waals surface area contributed by atoms with Gasteiger partial charge in [0.2, 0.25) is 5.91 Å². The Labute approximate surface area is 121 Å². The van der Waals surface area contributed by atoms with E-state index in [2.05, 4.69) is 24.5 Å². The predicted octanol–water partition coefficient (Wildman–Crippen LogP) is 0.704. The van der Waals surface area contributed by atoms with E-state index in [0.717, 1.165) is 25.2 Å². The maximum atomic E-state index is 12.0. The van der Waals surface area contributed by atoms with Crippen molar-refractivity contribution in [2.45, 2.75) is 51.6 Å². The van der Waals surface area contributed by atoms with E-state index >= 15 is 0 Å². The number of rotatable bonds is 3. The fourth-order valence-electron chi connectivity index (χ4n) is 3.19. The molecule has 116 valence electrons. The second-order valence-corrected chi connectivity index (χ2v) is 8.73. The van der Waals surface area contributed by atoms with Gasteiger partial charge in [-0.15, -0.1) is 0 Å². The molecule has 0 bridgehead atoms. The summed E-state index contributed by atoms with van der Waals surface area (Å²) in [6.45, 7) is 4.95. The van der Waals surface area contributed by atoms with Crippen LogP contribution in [0.25, 0.3) is 0 Å². The van der Waals surface area contributed by atoms with Crippen LogP contribution < -0.4 is 10.6 Å². The minimum Gasteiger partial charge on any atom is -0.353 e. The van der Waals surface area contributed by atoms with Gasteiger partial charge in [-0.25, -0.2) is 8.42 Å². The molecule has 0 aromatic rings. The summed E-state index contributed by atoms with van der Waals surface area (Å²) in [7, 11) is -2.97. The van der Waals surface area contributed by atoms with Crippen molar-refractivity contribution in [3.8, 4) is 0 Å². The van der Waals surface area contributed by atoms with Gasteiger partial charge in [-0.2, -0.15) is 0 Å². The second-order valence-electron chi connectivity index (χ2n) is 6.50. The van der Waals surface area contributed by atoms with Crippen molar-refractivity contribution in [2.24, 2.45) is 11.8 Å². The van der Waals surface area contributed by atoms with E-state index in [1.807, 2.05) is 0 Å². The fourth-order valence-corrected chi connectivity index (χ4v) is 4.63. The first-order valence-corrected chi connectivity index (χ1v) is 9.41. The molecule has 6 heteroatoms. The summed E-state index contributed by atoms with van der Waals surface area (Å²) < 4.78 is 23.1. The summed E-state index contributed by atoms with van der Waals surface area (Å²) in [4.78, 5) is 12.0. The molecule has 0 aromatic carbocycles. The normalized spacial score (nSPS) is 37.3. The molecule has 20 heavy (non-hydrogen) atoms. The Bertz CT molecular complexity index is 449. The highest BCUT2D eigenvalue weighted by Crippen LogP contribution is 2.29. The third-order valence-corrected chi connectivity index (χ3v) is 6.43. The standard InChI is InChI=1S/C14H26N2O3S/c1-10-3-4-12(7-11(10)2)16-14(17)8-13-9-20(18,19)6-5-15-13/h10-13,15H,3-9H2,1-2H3,(H,16,17). The van der Waals surface area contributed by atoms with Crippen LogP contribution >= 0.6 is 0 Å². The van der Waals surface area contributed by atoms with Gasteiger partial charge in [0.25, 0.3) is 0 Å². The lowest BCUT2D eigenvalue weighted by molar-refractivity contribution is -0.122. The van der Waals surface area contributed by atoms with E-state index in [9.17, 15) is 13.2 Å². The van der Waals surface area contributed by atoms with Crippen LogP contribution in [0.2, 0.25) is 0 Å². The third-order valence-electron chi connectivity index (χ3n) is 4.70.